The third-order valence-electron chi connectivity index (χ3n) is 10.5. The lowest BCUT2D eigenvalue weighted by atomic mass is 9.58. The van der Waals surface area contributed by atoms with E-state index in [1.165, 1.54) is 0 Å². The number of aliphatic hydroxyl groups is 4. The summed E-state index contributed by atoms with van der Waals surface area (Å²) < 4.78 is 7.89. The highest BCUT2D eigenvalue weighted by Crippen LogP contribution is 2.72. The van der Waals surface area contributed by atoms with Crippen LogP contribution < -0.4 is 0 Å². The summed E-state index contributed by atoms with van der Waals surface area (Å²) in [5.41, 5.74) is -1.31. The second kappa shape index (κ2) is 8.26. The molecule has 1 aromatic rings. The molecule has 1 aromatic heterocycles. The van der Waals surface area contributed by atoms with Crippen LogP contribution in [-0.2, 0) is 10.3 Å². The molecule has 1 unspecified atom stereocenters. The quantitative estimate of drug-likeness (QED) is 0.351. The Bertz CT molecular complexity index is 1240. The minimum Gasteiger partial charge on any atom is -0.451 e. The zero-order chi connectivity index (χ0) is 28.3. The number of nitrogens with zero attached hydrogens (tertiary/aromatic N) is 2. The third kappa shape index (κ3) is 3.30. The number of ether oxygens (including phenoxy) is 1. The molecule has 0 radical (unpaired) electrons. The first-order valence-corrected chi connectivity index (χ1v) is 13.8. The molecule has 2 fully saturated rings. The van der Waals surface area contributed by atoms with Crippen molar-refractivity contribution in [1.29, 1.82) is 0 Å². The van der Waals surface area contributed by atoms with Crippen molar-refractivity contribution in [2.75, 3.05) is 6.61 Å². The molecule has 0 amide bonds. The summed E-state index contributed by atoms with van der Waals surface area (Å²) in [7, 11) is 0. The molecule has 9 atom stereocenters. The summed E-state index contributed by atoms with van der Waals surface area (Å²) in [6.45, 7) is 17.3. The Morgan fingerprint density at radius 3 is 2.39 bits per heavy atom. The van der Waals surface area contributed by atoms with Crippen LogP contribution >= 0.6 is 0 Å². The van der Waals surface area contributed by atoms with E-state index in [4.69, 9.17) is 4.74 Å². The molecule has 4 aliphatic carbocycles. The molecule has 8 heteroatoms. The maximum atomic E-state index is 13.7. The largest absolute Gasteiger partial charge is 0.451 e. The van der Waals surface area contributed by atoms with Crippen LogP contribution in [0.3, 0.4) is 0 Å². The van der Waals surface area contributed by atoms with E-state index in [9.17, 15) is 25.2 Å². The maximum Gasteiger partial charge on any atom is 0.342 e. The van der Waals surface area contributed by atoms with Gasteiger partial charge in [0.25, 0.3) is 0 Å². The van der Waals surface area contributed by atoms with Gasteiger partial charge in [-0.05, 0) is 82.3 Å². The molecule has 0 aromatic carbocycles. The predicted octanol–water partition coefficient (Wildman–Crippen LogP) is 3.04. The van der Waals surface area contributed by atoms with Gasteiger partial charge in [0.2, 0.25) is 0 Å². The number of aromatic nitrogens is 2. The average Bonchev–Trinajstić information content (AvgIpc) is 3.11. The number of aliphatic hydroxyl groups excluding tert-OH is 3. The van der Waals surface area contributed by atoms with Crippen LogP contribution in [0, 0.1) is 48.3 Å². The molecule has 2 saturated carbocycles. The fourth-order valence-corrected chi connectivity index (χ4v) is 8.66. The van der Waals surface area contributed by atoms with E-state index in [1.54, 1.807) is 24.6 Å². The smallest absolute Gasteiger partial charge is 0.342 e. The molecule has 2 bridgehead atoms. The number of aryl methyl sites for hydroxylation is 1. The summed E-state index contributed by atoms with van der Waals surface area (Å²) in [6, 6.07) is 0. The minimum atomic E-state index is -2.06. The molecule has 1 heterocycles. The van der Waals surface area contributed by atoms with Gasteiger partial charge in [-0.25, -0.2) is 4.79 Å². The molecule has 8 nitrogen and oxygen atoms in total. The van der Waals surface area contributed by atoms with Gasteiger partial charge in [-0.2, -0.15) is 5.10 Å². The summed E-state index contributed by atoms with van der Waals surface area (Å²) in [4.78, 5) is 13.7. The lowest BCUT2D eigenvalue weighted by Crippen LogP contribution is -2.66. The Labute approximate surface area is 225 Å². The molecule has 38 heavy (non-hydrogen) atoms. The van der Waals surface area contributed by atoms with Gasteiger partial charge in [-0.1, -0.05) is 32.9 Å². The van der Waals surface area contributed by atoms with Gasteiger partial charge in [0.15, 0.2) is 6.10 Å². The van der Waals surface area contributed by atoms with Crippen molar-refractivity contribution in [2.24, 2.45) is 34.5 Å². The van der Waals surface area contributed by atoms with Crippen molar-refractivity contribution >= 4 is 5.97 Å². The van der Waals surface area contributed by atoms with Crippen LogP contribution in [0.15, 0.2) is 23.3 Å². The number of hydrogen-bond acceptors (Lipinski definition) is 7. The highest BCUT2D eigenvalue weighted by atomic mass is 16.6. The van der Waals surface area contributed by atoms with Crippen LogP contribution in [0.4, 0.5) is 0 Å². The Morgan fingerprint density at radius 2 is 1.84 bits per heavy atom. The van der Waals surface area contributed by atoms with Crippen molar-refractivity contribution in [3.63, 3.8) is 0 Å². The molecule has 4 N–H and O–H groups in total. The average molecular weight is 529 g/mol. The summed E-state index contributed by atoms with van der Waals surface area (Å²) in [5, 5.41) is 51.3. The fraction of sp³-hybridized carbons (Fsp3) is 0.733. The monoisotopic (exact) mass is 528 g/mol. The van der Waals surface area contributed by atoms with Crippen LogP contribution in [0.25, 0.3) is 0 Å². The highest BCUT2D eigenvalue weighted by molar-refractivity contribution is 5.92. The zero-order valence-electron chi connectivity index (χ0n) is 24.1. The van der Waals surface area contributed by atoms with Crippen molar-refractivity contribution in [2.45, 2.75) is 98.2 Å². The lowest BCUT2D eigenvalue weighted by Gasteiger charge is -2.52. The zero-order valence-corrected chi connectivity index (χ0v) is 24.1. The van der Waals surface area contributed by atoms with Crippen LogP contribution in [0.5, 0.6) is 0 Å². The van der Waals surface area contributed by atoms with Gasteiger partial charge < -0.3 is 25.2 Å². The third-order valence-corrected chi connectivity index (χ3v) is 10.5. The van der Waals surface area contributed by atoms with Crippen LogP contribution in [0.2, 0.25) is 0 Å². The Hall–Kier alpha value is -2.00. The standard InChI is InChI=1S/C30H44N2O6/c1-14-12-29-15(2)10-20-22(28(20,8)9)19(24(29)35)11-18(13-33)23(34)30(29,37)25(14)38-26(36)21-16(3)31-32(17(21)4)27(5,6)7/h11-12,15,19-20,22-25,33-35,37H,10,13H2,1-9H3/t15-,19+,20-,22+,23-,24?,25+,29+,30+/m1/s1. The van der Waals surface area contributed by atoms with Crippen LogP contribution in [0.1, 0.15) is 76.6 Å². The van der Waals surface area contributed by atoms with E-state index in [2.05, 4.69) is 18.9 Å². The summed E-state index contributed by atoms with van der Waals surface area (Å²) in [5.74, 6) is -0.691. The SMILES string of the molecule is CC1=C[C@]23C(O)[C@@H](C=C(CO)[C@@H](O)[C@]2(O)[C@H]1OC(=O)c1c(C)nn(C(C)(C)C)c1C)[C@H]1[C@@H](C[C@H]3C)C1(C)C. The van der Waals surface area contributed by atoms with Gasteiger partial charge in [0, 0.05) is 5.92 Å². The Morgan fingerprint density at radius 1 is 1.21 bits per heavy atom. The van der Waals surface area contributed by atoms with E-state index in [1.807, 2.05) is 40.7 Å². The van der Waals surface area contributed by atoms with E-state index in [0.717, 1.165) is 6.42 Å². The second-order valence-electron chi connectivity index (χ2n) is 14.0. The molecule has 4 aliphatic rings. The number of carbonyl (C=O) groups is 1. The fourth-order valence-electron chi connectivity index (χ4n) is 8.66. The number of esters is 1. The molecular weight excluding hydrogens is 484 g/mol. The lowest BCUT2D eigenvalue weighted by molar-refractivity contribution is -0.215. The summed E-state index contributed by atoms with van der Waals surface area (Å²) in [6.07, 6.45) is 0.629. The van der Waals surface area contributed by atoms with Crippen molar-refractivity contribution < 1.29 is 30.0 Å². The minimum absolute atomic E-state index is 0.0114. The van der Waals surface area contributed by atoms with E-state index in [0.29, 0.717) is 28.4 Å². The van der Waals surface area contributed by atoms with Crippen LogP contribution in [-0.4, -0.2) is 66.7 Å². The van der Waals surface area contributed by atoms with E-state index in [-0.39, 0.29) is 34.3 Å². The highest BCUT2D eigenvalue weighted by Gasteiger charge is 2.76. The number of hydrogen-bond donors (Lipinski definition) is 4. The summed E-state index contributed by atoms with van der Waals surface area (Å²) >= 11 is 0. The number of carbonyl (C=O) groups excluding carboxylic acids is 1. The first kappa shape index (κ1) is 27.6. The van der Waals surface area contributed by atoms with Gasteiger partial charge in [-0.15, -0.1) is 0 Å². The molecule has 1 spiro atoms. The van der Waals surface area contributed by atoms with Crippen molar-refractivity contribution in [3.05, 3.63) is 40.2 Å². The predicted molar refractivity (Wildman–Crippen MR) is 142 cm³/mol. The number of fused-ring (bicyclic) bond motifs is 3. The Kier molecular flexibility index (Phi) is 5.99. The van der Waals surface area contributed by atoms with Gasteiger partial charge >= 0.3 is 5.97 Å². The molecule has 0 aliphatic heterocycles. The molecule has 0 saturated heterocycles. The van der Waals surface area contributed by atoms with Gasteiger partial charge in [0.05, 0.1) is 35.1 Å². The maximum absolute atomic E-state index is 13.7. The van der Waals surface area contributed by atoms with E-state index < -0.39 is 41.9 Å². The molecule has 210 valence electrons. The first-order chi connectivity index (χ1) is 17.5. The molecular formula is C30H44N2O6. The van der Waals surface area contributed by atoms with Crippen molar-refractivity contribution in [1.82, 2.24) is 9.78 Å². The van der Waals surface area contributed by atoms with Gasteiger partial charge in [0.1, 0.15) is 17.3 Å². The van der Waals surface area contributed by atoms with Gasteiger partial charge in [-0.3, -0.25) is 4.68 Å². The topological polar surface area (TPSA) is 125 Å². The van der Waals surface area contributed by atoms with E-state index >= 15 is 0 Å². The normalized spacial score (nSPS) is 41.3. The number of rotatable bonds is 3. The second-order valence-corrected chi connectivity index (χ2v) is 14.0. The van der Waals surface area contributed by atoms with Crippen molar-refractivity contribution in [3.8, 4) is 0 Å². The first-order valence-electron chi connectivity index (χ1n) is 13.8. The Balaban J connectivity index is 1.61. The molecule has 5 rings (SSSR count).